The van der Waals surface area contributed by atoms with Crippen molar-refractivity contribution in [1.82, 2.24) is 5.32 Å². The summed E-state index contributed by atoms with van der Waals surface area (Å²) in [6, 6.07) is 13.9. The lowest BCUT2D eigenvalue weighted by Crippen LogP contribution is -2.23. The third kappa shape index (κ3) is 3.51. The van der Waals surface area contributed by atoms with Gasteiger partial charge >= 0.3 is 0 Å². The summed E-state index contributed by atoms with van der Waals surface area (Å²) in [5.41, 5.74) is 1.44. The molecule has 1 amide bonds. The molecule has 4 nitrogen and oxygen atoms in total. The maximum atomic E-state index is 12.1. The number of phenolic OH excluding ortho intramolecular Hbond substituents is 1. The highest BCUT2D eigenvalue weighted by molar-refractivity contribution is 5.96. The molecule has 2 aromatic carbocycles. The summed E-state index contributed by atoms with van der Waals surface area (Å²) in [7, 11) is 0. The first kappa shape index (κ1) is 13.9. The van der Waals surface area contributed by atoms with Crippen LogP contribution in [0.2, 0.25) is 0 Å². The van der Waals surface area contributed by atoms with Gasteiger partial charge in [0.15, 0.2) is 0 Å². The minimum atomic E-state index is -0.179. The van der Waals surface area contributed by atoms with Crippen molar-refractivity contribution in [1.29, 1.82) is 0 Å². The van der Waals surface area contributed by atoms with E-state index in [1.54, 1.807) is 42.5 Å². The number of carbonyl (C=O) groups is 1. The van der Waals surface area contributed by atoms with Crippen LogP contribution in [0.25, 0.3) is 0 Å². The maximum Gasteiger partial charge on any atom is 0.255 e. The third-order valence-electron chi connectivity index (χ3n) is 2.82. The third-order valence-corrected chi connectivity index (χ3v) is 2.82. The van der Waals surface area contributed by atoms with Crippen molar-refractivity contribution in [3.63, 3.8) is 0 Å². The van der Waals surface area contributed by atoms with Gasteiger partial charge in [-0.25, -0.2) is 0 Å². The summed E-state index contributed by atoms with van der Waals surface area (Å²) in [4.78, 5) is 12.1. The molecule has 0 atom stereocenters. The molecule has 2 rings (SSSR count). The first-order chi connectivity index (χ1) is 9.70. The summed E-state index contributed by atoms with van der Waals surface area (Å²) < 4.78 is 5.43. The second kappa shape index (κ2) is 6.61. The monoisotopic (exact) mass is 271 g/mol. The van der Waals surface area contributed by atoms with Gasteiger partial charge in [0.1, 0.15) is 11.5 Å². The van der Waals surface area contributed by atoms with Crippen LogP contribution in [0.4, 0.5) is 0 Å². The zero-order valence-electron chi connectivity index (χ0n) is 11.3. The number of benzene rings is 2. The van der Waals surface area contributed by atoms with Gasteiger partial charge in [-0.05, 0) is 36.8 Å². The van der Waals surface area contributed by atoms with Crippen molar-refractivity contribution < 1.29 is 14.6 Å². The molecular formula is C16H17NO3. The number of ether oxygens (including phenoxy) is 1. The Morgan fingerprint density at radius 2 is 1.85 bits per heavy atom. The van der Waals surface area contributed by atoms with Crippen molar-refractivity contribution in [2.75, 3.05) is 6.61 Å². The van der Waals surface area contributed by atoms with E-state index >= 15 is 0 Å². The second-order valence-corrected chi connectivity index (χ2v) is 4.28. The van der Waals surface area contributed by atoms with Crippen molar-refractivity contribution in [3.8, 4) is 11.5 Å². The van der Waals surface area contributed by atoms with Crippen LogP contribution >= 0.6 is 0 Å². The number of nitrogens with one attached hydrogen (secondary N) is 1. The van der Waals surface area contributed by atoms with Crippen LogP contribution in [0.3, 0.4) is 0 Å². The standard InChI is InChI=1S/C16H17NO3/c1-2-20-15-6-4-3-5-14(15)16(19)17-11-12-7-9-13(18)10-8-12/h3-10,18H,2,11H2,1H3,(H,17,19). The Kier molecular flexibility index (Phi) is 4.60. The number of carbonyl (C=O) groups excluding carboxylic acids is 1. The minimum Gasteiger partial charge on any atom is -0.508 e. The molecule has 0 fully saturated rings. The smallest absolute Gasteiger partial charge is 0.255 e. The molecule has 4 heteroatoms. The van der Waals surface area contributed by atoms with Crippen LogP contribution in [-0.2, 0) is 6.54 Å². The Hall–Kier alpha value is -2.49. The normalized spacial score (nSPS) is 10.1. The van der Waals surface area contributed by atoms with Gasteiger partial charge in [-0.3, -0.25) is 4.79 Å². The molecule has 0 aliphatic rings. The van der Waals surface area contributed by atoms with E-state index in [1.807, 2.05) is 13.0 Å². The van der Waals surface area contributed by atoms with Crippen molar-refractivity contribution in [2.45, 2.75) is 13.5 Å². The number of hydrogen-bond acceptors (Lipinski definition) is 3. The molecular weight excluding hydrogens is 254 g/mol. The van der Waals surface area contributed by atoms with Gasteiger partial charge < -0.3 is 15.2 Å². The fraction of sp³-hybridized carbons (Fsp3) is 0.188. The zero-order valence-corrected chi connectivity index (χ0v) is 11.3. The van der Waals surface area contributed by atoms with E-state index in [0.29, 0.717) is 24.5 Å². The summed E-state index contributed by atoms with van der Waals surface area (Å²) in [5.74, 6) is 0.613. The van der Waals surface area contributed by atoms with Gasteiger partial charge in [0.25, 0.3) is 5.91 Å². The van der Waals surface area contributed by atoms with E-state index in [4.69, 9.17) is 4.74 Å². The van der Waals surface area contributed by atoms with Crippen molar-refractivity contribution in [3.05, 3.63) is 59.7 Å². The Morgan fingerprint density at radius 3 is 2.55 bits per heavy atom. The topological polar surface area (TPSA) is 58.6 Å². The van der Waals surface area contributed by atoms with Gasteiger partial charge in [0.05, 0.1) is 12.2 Å². The predicted molar refractivity (Wildman–Crippen MR) is 76.9 cm³/mol. The van der Waals surface area contributed by atoms with E-state index in [2.05, 4.69) is 5.32 Å². The molecule has 104 valence electrons. The Bertz CT molecular complexity index is 579. The Morgan fingerprint density at radius 1 is 1.15 bits per heavy atom. The molecule has 0 saturated carbocycles. The first-order valence-electron chi connectivity index (χ1n) is 6.48. The molecule has 0 bridgehead atoms. The summed E-state index contributed by atoms with van der Waals surface area (Å²) in [6.07, 6.45) is 0. The number of rotatable bonds is 5. The highest BCUT2D eigenvalue weighted by Crippen LogP contribution is 2.18. The SMILES string of the molecule is CCOc1ccccc1C(=O)NCc1ccc(O)cc1. The Balaban J connectivity index is 2.03. The highest BCUT2D eigenvalue weighted by atomic mass is 16.5. The largest absolute Gasteiger partial charge is 0.508 e. The molecule has 2 aromatic rings. The summed E-state index contributed by atoms with van der Waals surface area (Å²) in [6.45, 7) is 2.80. The van der Waals surface area contributed by atoms with Crippen LogP contribution < -0.4 is 10.1 Å². The number of hydrogen-bond donors (Lipinski definition) is 2. The van der Waals surface area contributed by atoms with Gasteiger partial charge in [0, 0.05) is 6.54 Å². The van der Waals surface area contributed by atoms with Gasteiger partial charge in [0.2, 0.25) is 0 Å². The van der Waals surface area contributed by atoms with Gasteiger partial charge in [-0.15, -0.1) is 0 Å². The van der Waals surface area contributed by atoms with E-state index in [9.17, 15) is 9.90 Å². The van der Waals surface area contributed by atoms with Crippen LogP contribution in [0, 0.1) is 0 Å². The number of phenols is 1. The van der Waals surface area contributed by atoms with E-state index in [0.717, 1.165) is 5.56 Å². The molecule has 0 saturated heterocycles. The molecule has 0 unspecified atom stereocenters. The average molecular weight is 271 g/mol. The molecule has 0 aliphatic carbocycles. The molecule has 0 aromatic heterocycles. The van der Waals surface area contributed by atoms with Crippen LogP contribution in [0.1, 0.15) is 22.8 Å². The number of para-hydroxylation sites is 1. The lowest BCUT2D eigenvalue weighted by molar-refractivity contribution is 0.0947. The molecule has 20 heavy (non-hydrogen) atoms. The molecule has 0 heterocycles. The Labute approximate surface area is 118 Å². The van der Waals surface area contributed by atoms with Crippen LogP contribution in [0.15, 0.2) is 48.5 Å². The molecule has 0 radical (unpaired) electrons. The fourth-order valence-corrected chi connectivity index (χ4v) is 1.83. The number of aromatic hydroxyl groups is 1. The lowest BCUT2D eigenvalue weighted by Gasteiger charge is -2.10. The molecule has 0 spiro atoms. The summed E-state index contributed by atoms with van der Waals surface area (Å²) in [5, 5.41) is 12.0. The van der Waals surface area contributed by atoms with Gasteiger partial charge in [-0.2, -0.15) is 0 Å². The first-order valence-corrected chi connectivity index (χ1v) is 6.48. The van der Waals surface area contributed by atoms with E-state index < -0.39 is 0 Å². The predicted octanol–water partition coefficient (Wildman–Crippen LogP) is 2.72. The van der Waals surface area contributed by atoms with Crippen LogP contribution in [0.5, 0.6) is 11.5 Å². The van der Waals surface area contributed by atoms with Gasteiger partial charge in [-0.1, -0.05) is 24.3 Å². The maximum absolute atomic E-state index is 12.1. The molecule has 0 aliphatic heterocycles. The fourth-order valence-electron chi connectivity index (χ4n) is 1.83. The number of amides is 1. The second-order valence-electron chi connectivity index (χ2n) is 4.28. The summed E-state index contributed by atoms with van der Waals surface area (Å²) >= 11 is 0. The van der Waals surface area contributed by atoms with E-state index in [1.165, 1.54) is 0 Å². The van der Waals surface area contributed by atoms with E-state index in [-0.39, 0.29) is 11.7 Å². The van der Waals surface area contributed by atoms with Crippen LogP contribution in [-0.4, -0.2) is 17.6 Å². The van der Waals surface area contributed by atoms with Crippen molar-refractivity contribution in [2.24, 2.45) is 0 Å². The lowest BCUT2D eigenvalue weighted by atomic mass is 10.1. The van der Waals surface area contributed by atoms with Crippen molar-refractivity contribution >= 4 is 5.91 Å². The molecule has 2 N–H and O–H groups in total. The quantitative estimate of drug-likeness (QED) is 0.879. The minimum absolute atomic E-state index is 0.179. The average Bonchev–Trinajstić information content (AvgIpc) is 2.47. The zero-order chi connectivity index (χ0) is 14.4. The highest BCUT2D eigenvalue weighted by Gasteiger charge is 2.11.